The monoisotopic (exact) mass is 442 g/mol. The van der Waals surface area contributed by atoms with Crippen molar-refractivity contribution in [2.75, 3.05) is 26.2 Å². The Morgan fingerprint density at radius 1 is 1.26 bits per heavy atom. The normalized spacial score (nSPS) is 25.9. The van der Waals surface area contributed by atoms with Crippen LogP contribution < -0.4 is 5.32 Å². The van der Waals surface area contributed by atoms with Gasteiger partial charge in [0.15, 0.2) is 0 Å². The van der Waals surface area contributed by atoms with Gasteiger partial charge in [-0.2, -0.15) is 13.2 Å². The summed E-state index contributed by atoms with van der Waals surface area (Å²) in [6, 6.07) is 8.81. The summed E-state index contributed by atoms with van der Waals surface area (Å²) in [5, 5.41) is 10.2. The first-order chi connectivity index (χ1) is 14.6. The maximum atomic E-state index is 11.8. The van der Waals surface area contributed by atoms with Crippen molar-refractivity contribution in [1.29, 1.82) is 0 Å². The number of carboxylic acid groups (broad SMARTS) is 1. The maximum absolute atomic E-state index is 11.8. The first-order valence-corrected chi connectivity index (χ1v) is 10.6. The summed E-state index contributed by atoms with van der Waals surface area (Å²) in [5.74, 6) is -1.01. The molecule has 0 unspecified atom stereocenters. The first-order valence-electron chi connectivity index (χ1n) is 10.6. The SMILES string of the molecule is Cc1cccc(CN2CC[C@@H]3[C@@H](CO[C@H]3CNC(=O)C3CC3)C2)c1.O=C(O)C(F)(F)F. The van der Waals surface area contributed by atoms with Gasteiger partial charge in [0, 0.05) is 31.5 Å². The lowest BCUT2D eigenvalue weighted by atomic mass is 9.84. The minimum Gasteiger partial charge on any atom is -0.475 e. The van der Waals surface area contributed by atoms with Gasteiger partial charge in [0.2, 0.25) is 5.91 Å². The van der Waals surface area contributed by atoms with Crippen LogP contribution in [0.25, 0.3) is 0 Å². The number of ether oxygens (including phenoxy) is 1. The van der Waals surface area contributed by atoms with Crippen LogP contribution in [0.2, 0.25) is 0 Å². The fourth-order valence-electron chi connectivity index (χ4n) is 4.28. The van der Waals surface area contributed by atoms with E-state index >= 15 is 0 Å². The molecule has 3 fully saturated rings. The largest absolute Gasteiger partial charge is 0.490 e. The number of nitrogens with zero attached hydrogens (tertiary/aromatic N) is 1. The number of amides is 1. The number of carbonyl (C=O) groups is 2. The Labute approximate surface area is 179 Å². The molecule has 1 saturated carbocycles. The number of aryl methyl sites for hydroxylation is 1. The van der Waals surface area contributed by atoms with Crippen LogP contribution in [0.1, 0.15) is 30.4 Å². The quantitative estimate of drug-likeness (QED) is 0.733. The third-order valence-corrected chi connectivity index (χ3v) is 6.04. The van der Waals surface area contributed by atoms with Crippen molar-refractivity contribution in [1.82, 2.24) is 10.2 Å². The number of carbonyl (C=O) groups excluding carboxylic acids is 1. The van der Waals surface area contributed by atoms with E-state index in [9.17, 15) is 18.0 Å². The molecule has 1 amide bonds. The Morgan fingerprint density at radius 2 is 1.97 bits per heavy atom. The van der Waals surface area contributed by atoms with Gasteiger partial charge in [-0.3, -0.25) is 9.69 Å². The van der Waals surface area contributed by atoms with Gasteiger partial charge in [0.1, 0.15) is 0 Å². The molecule has 172 valence electrons. The third kappa shape index (κ3) is 6.93. The molecule has 3 atom stereocenters. The molecule has 1 aromatic rings. The van der Waals surface area contributed by atoms with Crippen molar-refractivity contribution in [3.8, 4) is 0 Å². The Kier molecular flexibility index (Phi) is 7.59. The topological polar surface area (TPSA) is 78.9 Å². The lowest BCUT2D eigenvalue weighted by molar-refractivity contribution is -0.192. The molecule has 2 aliphatic heterocycles. The standard InChI is InChI=1S/C20H28N2O2.C2HF3O2/c1-14-3-2-4-15(9-14)11-22-8-7-18-17(12-22)13-24-19(18)10-21-20(23)16-5-6-16;3-2(4,5)1(6)7/h2-4,9,16-19H,5-8,10-13H2,1H3,(H,21,23);(H,6,7)/t17-,18-,19+;/m1./s1. The summed E-state index contributed by atoms with van der Waals surface area (Å²) in [4.78, 5) is 23.3. The number of halogens is 3. The third-order valence-electron chi connectivity index (χ3n) is 6.04. The second-order valence-electron chi connectivity index (χ2n) is 8.63. The van der Waals surface area contributed by atoms with Gasteiger partial charge in [0.25, 0.3) is 0 Å². The number of carboxylic acids is 1. The number of hydrogen-bond acceptors (Lipinski definition) is 4. The summed E-state index contributed by atoms with van der Waals surface area (Å²) in [7, 11) is 0. The second-order valence-corrected chi connectivity index (χ2v) is 8.63. The Morgan fingerprint density at radius 3 is 2.58 bits per heavy atom. The number of alkyl halides is 3. The van der Waals surface area contributed by atoms with Crippen molar-refractivity contribution in [3.63, 3.8) is 0 Å². The van der Waals surface area contributed by atoms with Gasteiger partial charge < -0.3 is 15.2 Å². The van der Waals surface area contributed by atoms with Crippen LogP contribution in [0, 0.1) is 24.7 Å². The van der Waals surface area contributed by atoms with Crippen molar-refractivity contribution >= 4 is 11.9 Å². The molecule has 1 aliphatic carbocycles. The van der Waals surface area contributed by atoms with Crippen molar-refractivity contribution in [2.24, 2.45) is 17.8 Å². The van der Waals surface area contributed by atoms with Crippen molar-refractivity contribution < 1.29 is 32.6 Å². The van der Waals surface area contributed by atoms with Gasteiger partial charge in [0.05, 0.1) is 12.7 Å². The van der Waals surface area contributed by atoms with E-state index in [1.165, 1.54) is 17.5 Å². The zero-order valence-corrected chi connectivity index (χ0v) is 17.5. The minimum atomic E-state index is -5.08. The van der Waals surface area contributed by atoms with Crippen LogP contribution in [0.3, 0.4) is 0 Å². The molecule has 31 heavy (non-hydrogen) atoms. The van der Waals surface area contributed by atoms with Crippen LogP contribution >= 0.6 is 0 Å². The highest BCUT2D eigenvalue weighted by atomic mass is 19.4. The first kappa shape index (κ1) is 23.5. The molecule has 0 bridgehead atoms. The average molecular weight is 442 g/mol. The lowest BCUT2D eigenvalue weighted by Gasteiger charge is -2.35. The van der Waals surface area contributed by atoms with E-state index in [4.69, 9.17) is 14.6 Å². The van der Waals surface area contributed by atoms with Crippen LogP contribution in [-0.4, -0.2) is 60.4 Å². The summed E-state index contributed by atoms with van der Waals surface area (Å²) in [5.41, 5.74) is 2.73. The van der Waals surface area contributed by atoms with E-state index in [0.717, 1.165) is 39.1 Å². The van der Waals surface area contributed by atoms with Crippen LogP contribution in [0.15, 0.2) is 24.3 Å². The fourth-order valence-corrected chi connectivity index (χ4v) is 4.28. The Balaban J connectivity index is 0.000000339. The molecule has 6 nitrogen and oxygen atoms in total. The molecule has 0 spiro atoms. The Hall–Kier alpha value is -2.13. The number of rotatable bonds is 5. The molecule has 0 aromatic heterocycles. The maximum Gasteiger partial charge on any atom is 0.490 e. The molecule has 3 aliphatic rings. The number of nitrogens with one attached hydrogen (secondary N) is 1. The highest BCUT2D eigenvalue weighted by Gasteiger charge is 2.41. The van der Waals surface area contributed by atoms with E-state index in [1.807, 2.05) is 0 Å². The minimum absolute atomic E-state index is 0.221. The summed E-state index contributed by atoms with van der Waals surface area (Å²) < 4.78 is 37.8. The van der Waals surface area contributed by atoms with Gasteiger partial charge in [-0.25, -0.2) is 4.79 Å². The highest BCUT2D eigenvalue weighted by molar-refractivity contribution is 5.80. The predicted molar refractivity (Wildman–Crippen MR) is 107 cm³/mol. The number of likely N-dealkylation sites (tertiary alicyclic amines) is 1. The molecule has 4 rings (SSSR count). The molecule has 1 aromatic carbocycles. The number of fused-ring (bicyclic) bond motifs is 1. The van der Waals surface area contributed by atoms with Crippen LogP contribution in [-0.2, 0) is 20.9 Å². The van der Waals surface area contributed by atoms with Crippen LogP contribution in [0.5, 0.6) is 0 Å². The molecule has 2 heterocycles. The average Bonchev–Trinajstić information content (AvgIpc) is 3.47. The highest BCUT2D eigenvalue weighted by Crippen LogP contribution is 2.35. The second kappa shape index (κ2) is 9.99. The lowest BCUT2D eigenvalue weighted by Crippen LogP contribution is -2.43. The van der Waals surface area contributed by atoms with E-state index in [-0.39, 0.29) is 12.0 Å². The summed E-state index contributed by atoms with van der Waals surface area (Å²) >= 11 is 0. The molecule has 2 saturated heterocycles. The number of aliphatic carboxylic acids is 1. The predicted octanol–water partition coefficient (Wildman–Crippen LogP) is 2.99. The number of piperidine rings is 1. The zero-order chi connectivity index (χ0) is 22.6. The fraction of sp³-hybridized carbons (Fsp3) is 0.636. The smallest absolute Gasteiger partial charge is 0.475 e. The van der Waals surface area contributed by atoms with E-state index in [0.29, 0.717) is 24.3 Å². The zero-order valence-electron chi connectivity index (χ0n) is 17.5. The molecular weight excluding hydrogens is 413 g/mol. The van der Waals surface area contributed by atoms with Crippen molar-refractivity contribution in [2.45, 2.75) is 45.0 Å². The summed E-state index contributed by atoms with van der Waals surface area (Å²) in [6.45, 7) is 6.99. The van der Waals surface area contributed by atoms with Gasteiger partial charge >= 0.3 is 12.1 Å². The van der Waals surface area contributed by atoms with Gasteiger partial charge in [-0.1, -0.05) is 29.8 Å². The molecule has 9 heteroatoms. The van der Waals surface area contributed by atoms with Crippen LogP contribution in [0.4, 0.5) is 13.2 Å². The molecule has 0 radical (unpaired) electrons. The van der Waals surface area contributed by atoms with Crippen molar-refractivity contribution in [3.05, 3.63) is 35.4 Å². The summed E-state index contributed by atoms with van der Waals surface area (Å²) in [6.07, 6.45) is -1.55. The number of hydrogen-bond donors (Lipinski definition) is 2. The van der Waals surface area contributed by atoms with Gasteiger partial charge in [-0.05, 0) is 44.2 Å². The molecule has 2 N–H and O–H groups in total. The van der Waals surface area contributed by atoms with E-state index in [2.05, 4.69) is 41.4 Å². The number of benzene rings is 1. The van der Waals surface area contributed by atoms with Gasteiger partial charge in [-0.15, -0.1) is 0 Å². The van der Waals surface area contributed by atoms with E-state index < -0.39 is 12.1 Å². The Bertz CT molecular complexity index is 782. The van der Waals surface area contributed by atoms with E-state index in [1.54, 1.807) is 0 Å². The molecular formula is C22H29F3N2O4.